The van der Waals surface area contributed by atoms with Crippen molar-refractivity contribution in [2.75, 3.05) is 19.7 Å². The Kier molecular flexibility index (Phi) is 6.78. The van der Waals surface area contributed by atoms with Gasteiger partial charge in [0.2, 0.25) is 10.0 Å². The minimum atomic E-state index is -3.58. The fourth-order valence-corrected chi connectivity index (χ4v) is 4.48. The maximum Gasteiger partial charge on any atom is 0.387 e. The number of Topliss-reactive ketones (excluding diaryl/α,β-unsaturated/α-hetero) is 1. The molecule has 1 aliphatic rings. The molecule has 1 fully saturated rings. The summed E-state index contributed by atoms with van der Waals surface area (Å²) in [5.74, 6) is -1.41. The molecule has 0 radical (unpaired) electrons. The number of sulfonamides is 1. The van der Waals surface area contributed by atoms with E-state index in [0.29, 0.717) is 13.1 Å². The molecule has 30 heavy (non-hydrogen) atoms. The maximum atomic E-state index is 12.5. The van der Waals surface area contributed by atoms with Crippen LogP contribution < -0.4 is 4.74 Å². The first kappa shape index (κ1) is 21.8. The van der Waals surface area contributed by atoms with Crippen molar-refractivity contribution in [3.05, 3.63) is 59.7 Å². The third-order valence-electron chi connectivity index (χ3n) is 4.53. The first-order chi connectivity index (χ1) is 14.3. The molecule has 0 aromatic heterocycles. The zero-order valence-electron chi connectivity index (χ0n) is 15.8. The Morgan fingerprint density at radius 1 is 0.933 bits per heavy atom. The van der Waals surface area contributed by atoms with Crippen LogP contribution >= 0.6 is 0 Å². The summed E-state index contributed by atoms with van der Waals surface area (Å²) in [5.41, 5.74) is 0.264. The summed E-state index contributed by atoms with van der Waals surface area (Å²) in [4.78, 5) is 24.3. The highest BCUT2D eigenvalue weighted by Gasteiger charge is 2.27. The molecule has 1 aliphatic heterocycles. The predicted octanol–water partition coefficient (Wildman–Crippen LogP) is 3.11. The average molecular weight is 439 g/mol. The van der Waals surface area contributed by atoms with Gasteiger partial charge in [0.05, 0.1) is 10.5 Å². The van der Waals surface area contributed by atoms with Crippen molar-refractivity contribution >= 4 is 21.8 Å². The highest BCUT2D eigenvalue weighted by Crippen LogP contribution is 2.21. The number of rotatable bonds is 8. The van der Waals surface area contributed by atoms with Crippen LogP contribution in [0, 0.1) is 0 Å². The van der Waals surface area contributed by atoms with Crippen LogP contribution in [0.1, 0.15) is 33.6 Å². The predicted molar refractivity (Wildman–Crippen MR) is 102 cm³/mol. The molecule has 1 heterocycles. The third kappa shape index (κ3) is 5.19. The molecule has 0 spiro atoms. The topological polar surface area (TPSA) is 90.0 Å². The van der Waals surface area contributed by atoms with Crippen molar-refractivity contribution < 1.29 is 36.3 Å². The zero-order valence-corrected chi connectivity index (χ0v) is 16.6. The molecule has 7 nitrogen and oxygen atoms in total. The second-order valence-electron chi connectivity index (χ2n) is 6.54. The van der Waals surface area contributed by atoms with E-state index in [1.165, 1.54) is 52.8 Å². The Morgan fingerprint density at radius 3 is 2.07 bits per heavy atom. The molecule has 0 unspecified atom stereocenters. The number of esters is 1. The molecule has 1 saturated heterocycles. The summed E-state index contributed by atoms with van der Waals surface area (Å²) < 4.78 is 59.8. The average Bonchev–Trinajstić information content (AvgIpc) is 3.28. The largest absolute Gasteiger partial charge is 0.454 e. The van der Waals surface area contributed by atoms with Gasteiger partial charge in [0.15, 0.2) is 12.4 Å². The smallest absolute Gasteiger partial charge is 0.387 e. The molecule has 0 bridgehead atoms. The standard InChI is InChI=1S/C20H19F2NO6S/c21-20(22)29-16-7-3-14(4-8-16)18(24)13-28-19(25)15-5-9-17(10-6-15)30(26,27)23-11-1-2-12-23/h3-10,20H,1-2,11-13H2. The first-order valence-electron chi connectivity index (χ1n) is 9.13. The molecule has 2 aromatic carbocycles. The molecular weight excluding hydrogens is 420 g/mol. The van der Waals surface area contributed by atoms with E-state index in [1.807, 2.05) is 0 Å². The number of halogens is 2. The Labute approximate surface area is 172 Å². The van der Waals surface area contributed by atoms with Crippen LogP contribution in [-0.4, -0.2) is 50.8 Å². The van der Waals surface area contributed by atoms with Crippen LogP contribution in [0.15, 0.2) is 53.4 Å². The van der Waals surface area contributed by atoms with E-state index in [2.05, 4.69) is 4.74 Å². The lowest BCUT2D eigenvalue weighted by molar-refractivity contribution is -0.0498. The van der Waals surface area contributed by atoms with Crippen molar-refractivity contribution in [2.45, 2.75) is 24.3 Å². The second-order valence-corrected chi connectivity index (χ2v) is 8.48. The summed E-state index contributed by atoms with van der Waals surface area (Å²) in [5, 5.41) is 0. The van der Waals surface area contributed by atoms with Crippen molar-refractivity contribution in [3.63, 3.8) is 0 Å². The fourth-order valence-electron chi connectivity index (χ4n) is 2.96. The van der Waals surface area contributed by atoms with Gasteiger partial charge in [-0.25, -0.2) is 13.2 Å². The number of alkyl halides is 2. The highest BCUT2D eigenvalue weighted by molar-refractivity contribution is 7.89. The Hall–Kier alpha value is -2.85. The Bertz CT molecular complexity index is 1000. The van der Waals surface area contributed by atoms with E-state index < -0.39 is 35.0 Å². The minimum Gasteiger partial charge on any atom is -0.454 e. The first-order valence-corrected chi connectivity index (χ1v) is 10.6. The summed E-state index contributed by atoms with van der Waals surface area (Å²) in [6.45, 7) is -2.57. The van der Waals surface area contributed by atoms with Crippen LogP contribution in [0.5, 0.6) is 5.75 Å². The lowest BCUT2D eigenvalue weighted by atomic mass is 10.1. The minimum absolute atomic E-state index is 0.0862. The second kappa shape index (κ2) is 9.31. The van der Waals surface area contributed by atoms with Gasteiger partial charge in [0.25, 0.3) is 0 Å². The Balaban J connectivity index is 1.57. The van der Waals surface area contributed by atoms with E-state index in [9.17, 15) is 26.8 Å². The number of carbonyl (C=O) groups is 2. The summed E-state index contributed by atoms with van der Waals surface area (Å²) >= 11 is 0. The molecule has 0 aliphatic carbocycles. The maximum absolute atomic E-state index is 12.5. The van der Waals surface area contributed by atoms with E-state index in [1.54, 1.807) is 0 Å². The molecule has 160 valence electrons. The number of ether oxygens (including phenoxy) is 2. The molecule has 0 atom stereocenters. The molecule has 0 saturated carbocycles. The number of carbonyl (C=O) groups excluding carboxylic acids is 2. The van der Waals surface area contributed by atoms with Crippen LogP contribution in [0.4, 0.5) is 8.78 Å². The molecule has 10 heteroatoms. The third-order valence-corrected chi connectivity index (χ3v) is 6.44. The van der Waals surface area contributed by atoms with Gasteiger partial charge < -0.3 is 9.47 Å². The van der Waals surface area contributed by atoms with E-state index in [4.69, 9.17) is 4.74 Å². The lowest BCUT2D eigenvalue weighted by Gasteiger charge is -2.15. The number of ketones is 1. The van der Waals surface area contributed by atoms with Crippen molar-refractivity contribution in [3.8, 4) is 5.75 Å². The van der Waals surface area contributed by atoms with Crippen LogP contribution in [0.3, 0.4) is 0 Å². The van der Waals surface area contributed by atoms with Crippen LogP contribution in [0.2, 0.25) is 0 Å². The molecule has 0 amide bonds. The van der Waals surface area contributed by atoms with Gasteiger partial charge in [-0.2, -0.15) is 13.1 Å². The van der Waals surface area contributed by atoms with Crippen molar-refractivity contribution in [2.24, 2.45) is 0 Å². The highest BCUT2D eigenvalue weighted by atomic mass is 32.2. The van der Waals surface area contributed by atoms with Crippen LogP contribution in [-0.2, 0) is 14.8 Å². The number of hydrogen-bond donors (Lipinski definition) is 0. The van der Waals surface area contributed by atoms with E-state index >= 15 is 0 Å². The number of benzene rings is 2. The molecule has 3 rings (SSSR count). The molecule has 2 aromatic rings. The molecule has 0 N–H and O–H groups in total. The number of hydrogen-bond acceptors (Lipinski definition) is 6. The monoisotopic (exact) mass is 439 g/mol. The summed E-state index contributed by atoms with van der Waals surface area (Å²) in [7, 11) is -3.58. The van der Waals surface area contributed by atoms with Crippen molar-refractivity contribution in [1.82, 2.24) is 4.31 Å². The van der Waals surface area contributed by atoms with Crippen LogP contribution in [0.25, 0.3) is 0 Å². The van der Waals surface area contributed by atoms with E-state index in [0.717, 1.165) is 12.8 Å². The van der Waals surface area contributed by atoms with Gasteiger partial charge in [0, 0.05) is 18.7 Å². The lowest BCUT2D eigenvalue weighted by Crippen LogP contribution is -2.27. The normalized spacial score (nSPS) is 14.6. The zero-order chi connectivity index (χ0) is 21.7. The number of nitrogens with zero attached hydrogens (tertiary/aromatic N) is 1. The summed E-state index contributed by atoms with van der Waals surface area (Å²) in [6, 6.07) is 10.3. The van der Waals surface area contributed by atoms with Gasteiger partial charge in [-0.1, -0.05) is 0 Å². The fraction of sp³-hybridized carbons (Fsp3) is 0.300. The van der Waals surface area contributed by atoms with Crippen molar-refractivity contribution in [1.29, 1.82) is 0 Å². The quantitative estimate of drug-likeness (QED) is 0.464. The van der Waals surface area contributed by atoms with Gasteiger partial charge >= 0.3 is 12.6 Å². The van der Waals surface area contributed by atoms with Gasteiger partial charge in [-0.15, -0.1) is 0 Å². The SMILES string of the molecule is O=C(COC(=O)c1ccc(S(=O)(=O)N2CCCC2)cc1)c1ccc(OC(F)F)cc1. The van der Waals surface area contributed by atoms with Gasteiger partial charge in [0.1, 0.15) is 5.75 Å². The van der Waals surface area contributed by atoms with Gasteiger partial charge in [-0.3, -0.25) is 4.79 Å². The van der Waals surface area contributed by atoms with Gasteiger partial charge in [-0.05, 0) is 61.4 Å². The van der Waals surface area contributed by atoms with E-state index in [-0.39, 0.29) is 21.8 Å². The Morgan fingerprint density at radius 2 is 1.50 bits per heavy atom. The summed E-state index contributed by atoms with van der Waals surface area (Å²) in [6.07, 6.45) is 1.64. The molecular formula is C20H19F2NO6S.